The Hall–Kier alpha value is -3.49. The molecule has 1 amide bonds. The van der Waals surface area contributed by atoms with Crippen LogP contribution in [0.15, 0.2) is 54.7 Å². The predicted octanol–water partition coefficient (Wildman–Crippen LogP) is 4.01. The first kappa shape index (κ1) is 18.9. The van der Waals surface area contributed by atoms with E-state index in [0.29, 0.717) is 42.1 Å². The topological polar surface area (TPSA) is 67.5 Å². The molecule has 1 N–H and O–H groups in total. The second kappa shape index (κ2) is 7.50. The summed E-state index contributed by atoms with van der Waals surface area (Å²) >= 11 is 0. The zero-order valence-corrected chi connectivity index (χ0v) is 15.1. The Balaban J connectivity index is 1.59. The van der Waals surface area contributed by atoms with Crippen molar-refractivity contribution in [2.75, 3.05) is 13.2 Å². The molecule has 9 heteroatoms. The largest absolute Gasteiger partial charge is 0.573 e. The van der Waals surface area contributed by atoms with Gasteiger partial charge in [-0.15, -0.1) is 13.2 Å². The van der Waals surface area contributed by atoms with Crippen LogP contribution in [-0.2, 0) is 6.54 Å². The van der Waals surface area contributed by atoms with E-state index in [2.05, 4.69) is 14.9 Å². The molecule has 1 aromatic heterocycles. The van der Waals surface area contributed by atoms with Crippen LogP contribution in [0.3, 0.4) is 0 Å². The van der Waals surface area contributed by atoms with E-state index in [4.69, 9.17) is 4.74 Å². The number of rotatable bonds is 4. The van der Waals surface area contributed by atoms with Crippen LogP contribution in [0.1, 0.15) is 16.1 Å². The van der Waals surface area contributed by atoms with Crippen molar-refractivity contribution in [2.45, 2.75) is 12.9 Å². The maximum absolute atomic E-state index is 13.0. The highest BCUT2D eigenvalue weighted by molar-refractivity contribution is 5.98. The molecule has 3 aromatic rings. The van der Waals surface area contributed by atoms with Gasteiger partial charge < -0.3 is 14.4 Å². The molecule has 1 aliphatic heterocycles. The summed E-state index contributed by atoms with van der Waals surface area (Å²) in [6, 6.07) is 12.4. The van der Waals surface area contributed by atoms with E-state index in [1.807, 2.05) is 0 Å². The molecule has 0 spiro atoms. The highest BCUT2D eigenvalue weighted by Crippen LogP contribution is 2.31. The molecule has 0 saturated heterocycles. The summed E-state index contributed by atoms with van der Waals surface area (Å²) in [6.45, 7) is 1.15. The lowest BCUT2D eigenvalue weighted by Gasteiger charge is -2.19. The average molecular weight is 403 g/mol. The molecule has 0 aliphatic carbocycles. The van der Waals surface area contributed by atoms with Crippen LogP contribution in [0, 0.1) is 0 Å². The quantitative estimate of drug-likeness (QED) is 0.715. The molecule has 0 bridgehead atoms. The van der Waals surface area contributed by atoms with Gasteiger partial charge in [0.05, 0.1) is 24.3 Å². The van der Waals surface area contributed by atoms with Gasteiger partial charge in [0.2, 0.25) is 0 Å². The van der Waals surface area contributed by atoms with Crippen molar-refractivity contribution in [1.82, 2.24) is 15.1 Å². The van der Waals surface area contributed by atoms with Crippen molar-refractivity contribution in [1.29, 1.82) is 0 Å². The minimum Gasteiger partial charge on any atom is -0.491 e. The molecule has 2 heterocycles. The first-order chi connectivity index (χ1) is 13.9. The normalized spacial score (nSPS) is 14.2. The number of nitrogens with one attached hydrogen (secondary N) is 1. The van der Waals surface area contributed by atoms with E-state index in [0.717, 1.165) is 5.69 Å². The van der Waals surface area contributed by atoms with Gasteiger partial charge in [0, 0.05) is 6.20 Å². The third-order valence-corrected chi connectivity index (χ3v) is 4.46. The van der Waals surface area contributed by atoms with Gasteiger partial charge in [0.15, 0.2) is 0 Å². The first-order valence-corrected chi connectivity index (χ1v) is 8.79. The number of aromatic amines is 1. The van der Waals surface area contributed by atoms with Crippen LogP contribution in [0.25, 0.3) is 11.1 Å². The molecule has 0 saturated carbocycles. The summed E-state index contributed by atoms with van der Waals surface area (Å²) in [4.78, 5) is 14.7. The predicted molar refractivity (Wildman–Crippen MR) is 97.4 cm³/mol. The summed E-state index contributed by atoms with van der Waals surface area (Å²) < 4.78 is 46.6. The van der Waals surface area contributed by atoms with Crippen LogP contribution >= 0.6 is 0 Å². The first-order valence-electron chi connectivity index (χ1n) is 8.79. The van der Waals surface area contributed by atoms with Crippen molar-refractivity contribution in [3.63, 3.8) is 0 Å². The Kier molecular flexibility index (Phi) is 4.87. The van der Waals surface area contributed by atoms with E-state index in [-0.39, 0.29) is 11.7 Å². The number of carbonyl (C=O) groups is 1. The van der Waals surface area contributed by atoms with Gasteiger partial charge in [-0.1, -0.05) is 18.2 Å². The summed E-state index contributed by atoms with van der Waals surface area (Å²) in [6.07, 6.45) is -3.13. The highest BCUT2D eigenvalue weighted by atomic mass is 19.4. The van der Waals surface area contributed by atoms with Crippen LogP contribution in [0.2, 0.25) is 0 Å². The van der Waals surface area contributed by atoms with Crippen molar-refractivity contribution < 1.29 is 27.4 Å². The Morgan fingerprint density at radius 2 is 1.86 bits per heavy atom. The lowest BCUT2D eigenvalue weighted by atomic mass is 10.0. The monoisotopic (exact) mass is 403 g/mol. The molecule has 0 unspecified atom stereocenters. The number of hydrogen-bond acceptors (Lipinski definition) is 4. The fourth-order valence-electron chi connectivity index (χ4n) is 3.12. The maximum Gasteiger partial charge on any atom is 0.573 e. The number of hydrogen-bond donors (Lipinski definition) is 1. The molecule has 150 valence electrons. The van der Waals surface area contributed by atoms with Gasteiger partial charge >= 0.3 is 6.36 Å². The van der Waals surface area contributed by atoms with Gasteiger partial charge in [0.1, 0.15) is 18.1 Å². The number of alkyl halides is 3. The summed E-state index contributed by atoms with van der Waals surface area (Å²) in [5.41, 5.74) is 2.54. The molecular weight excluding hydrogens is 387 g/mol. The Morgan fingerprint density at radius 3 is 2.55 bits per heavy atom. The number of amides is 1. The zero-order chi connectivity index (χ0) is 20.4. The summed E-state index contributed by atoms with van der Waals surface area (Å²) in [5, 5.41) is 6.72. The summed E-state index contributed by atoms with van der Waals surface area (Å²) in [7, 11) is 0. The average Bonchev–Trinajstić information content (AvgIpc) is 3.14. The van der Waals surface area contributed by atoms with E-state index in [1.54, 1.807) is 35.4 Å². The van der Waals surface area contributed by atoms with Crippen LogP contribution < -0.4 is 9.47 Å². The smallest absolute Gasteiger partial charge is 0.491 e. The van der Waals surface area contributed by atoms with E-state index in [9.17, 15) is 18.0 Å². The second-order valence-electron chi connectivity index (χ2n) is 6.44. The van der Waals surface area contributed by atoms with E-state index in [1.165, 1.54) is 24.3 Å². The lowest BCUT2D eigenvalue weighted by molar-refractivity contribution is -0.274. The van der Waals surface area contributed by atoms with Gasteiger partial charge in [-0.25, -0.2) is 0 Å². The third-order valence-electron chi connectivity index (χ3n) is 4.46. The lowest BCUT2D eigenvalue weighted by Crippen LogP contribution is -2.32. The Morgan fingerprint density at radius 1 is 1.10 bits per heavy atom. The zero-order valence-electron chi connectivity index (χ0n) is 15.1. The van der Waals surface area contributed by atoms with Crippen molar-refractivity contribution in [2.24, 2.45) is 0 Å². The van der Waals surface area contributed by atoms with Gasteiger partial charge in [-0.2, -0.15) is 5.10 Å². The fourth-order valence-corrected chi connectivity index (χ4v) is 3.12. The molecule has 0 atom stereocenters. The Bertz CT molecular complexity index is 1000. The second-order valence-corrected chi connectivity index (χ2v) is 6.44. The SMILES string of the molecule is O=C1c2cc(-c3ccc(OC(F)(F)F)cc3)ccc2OCCN1Cc1ccn[nH]1. The number of halogens is 3. The number of fused-ring (bicyclic) bond motifs is 1. The van der Waals surface area contributed by atoms with Crippen LogP contribution in [0.4, 0.5) is 13.2 Å². The number of H-pyrrole nitrogens is 1. The molecule has 2 aromatic carbocycles. The van der Waals surface area contributed by atoms with Crippen LogP contribution in [-0.4, -0.2) is 40.5 Å². The molecule has 1 aliphatic rings. The van der Waals surface area contributed by atoms with Crippen molar-refractivity contribution in [3.05, 3.63) is 66.0 Å². The minimum absolute atomic E-state index is 0.189. The highest BCUT2D eigenvalue weighted by Gasteiger charge is 2.31. The third kappa shape index (κ3) is 4.34. The fraction of sp³-hybridized carbons (Fsp3) is 0.200. The molecule has 6 nitrogen and oxygen atoms in total. The number of nitrogens with zero attached hydrogens (tertiary/aromatic N) is 2. The standard InChI is InChI=1S/C20H16F3N3O3/c21-20(22,23)29-16-4-1-13(2-5-16)14-3-6-18-17(11-14)19(27)26(9-10-28-18)12-15-7-8-24-25-15/h1-8,11H,9-10,12H2,(H,24,25). The molecular formula is C20H16F3N3O3. The van der Waals surface area contributed by atoms with Crippen molar-refractivity contribution in [3.8, 4) is 22.6 Å². The van der Waals surface area contributed by atoms with E-state index < -0.39 is 6.36 Å². The Labute approximate surface area is 163 Å². The summed E-state index contributed by atoms with van der Waals surface area (Å²) in [5.74, 6) is -0.0185. The number of aromatic nitrogens is 2. The minimum atomic E-state index is -4.74. The number of ether oxygens (including phenoxy) is 2. The van der Waals surface area contributed by atoms with Crippen LogP contribution in [0.5, 0.6) is 11.5 Å². The number of benzene rings is 2. The maximum atomic E-state index is 13.0. The van der Waals surface area contributed by atoms with Crippen molar-refractivity contribution >= 4 is 5.91 Å². The van der Waals surface area contributed by atoms with Gasteiger partial charge in [-0.05, 0) is 41.5 Å². The molecule has 29 heavy (non-hydrogen) atoms. The molecule has 0 radical (unpaired) electrons. The van der Waals surface area contributed by atoms with Gasteiger partial charge in [0.25, 0.3) is 5.91 Å². The molecule has 4 rings (SSSR count). The molecule has 0 fully saturated rings. The van der Waals surface area contributed by atoms with E-state index >= 15 is 0 Å². The van der Waals surface area contributed by atoms with Gasteiger partial charge in [-0.3, -0.25) is 9.89 Å². The number of carbonyl (C=O) groups excluding carboxylic acids is 1.